The molecule has 0 aliphatic carbocycles. The highest BCUT2D eigenvalue weighted by molar-refractivity contribution is 5.88. The lowest BCUT2D eigenvalue weighted by Crippen LogP contribution is -2.29. The van der Waals surface area contributed by atoms with Crippen molar-refractivity contribution in [1.29, 1.82) is 0 Å². The van der Waals surface area contributed by atoms with Crippen molar-refractivity contribution in [1.82, 2.24) is 10.3 Å². The van der Waals surface area contributed by atoms with E-state index in [1.807, 2.05) is 44.3 Å². The van der Waals surface area contributed by atoms with E-state index in [0.29, 0.717) is 19.6 Å². The number of H-pyrrole nitrogens is 1. The minimum absolute atomic E-state index is 0.0251. The van der Waals surface area contributed by atoms with Crippen LogP contribution >= 0.6 is 0 Å². The summed E-state index contributed by atoms with van der Waals surface area (Å²) in [5.74, 6) is 0.0251. The van der Waals surface area contributed by atoms with Crippen LogP contribution in [-0.4, -0.2) is 30.1 Å². The maximum absolute atomic E-state index is 11.8. The molecule has 0 bridgehead atoms. The van der Waals surface area contributed by atoms with Crippen LogP contribution in [0.4, 0.5) is 0 Å². The van der Waals surface area contributed by atoms with Crippen LogP contribution in [-0.2, 0) is 16.0 Å². The normalized spacial score (nSPS) is 11.1. The lowest BCUT2D eigenvalue weighted by Gasteiger charge is -2.08. The van der Waals surface area contributed by atoms with E-state index in [2.05, 4.69) is 10.3 Å². The van der Waals surface area contributed by atoms with Crippen molar-refractivity contribution in [2.45, 2.75) is 26.4 Å². The lowest BCUT2D eigenvalue weighted by molar-refractivity contribution is -0.120. The van der Waals surface area contributed by atoms with Crippen LogP contribution in [0.1, 0.15) is 19.4 Å². The van der Waals surface area contributed by atoms with Crippen LogP contribution < -0.4 is 5.32 Å². The van der Waals surface area contributed by atoms with Gasteiger partial charge in [-0.1, -0.05) is 18.2 Å². The topological polar surface area (TPSA) is 54.1 Å². The van der Waals surface area contributed by atoms with E-state index in [-0.39, 0.29) is 12.0 Å². The van der Waals surface area contributed by atoms with Gasteiger partial charge in [0, 0.05) is 23.6 Å². The quantitative estimate of drug-likeness (QED) is 0.783. The second-order valence-corrected chi connectivity index (χ2v) is 4.81. The Morgan fingerprint density at radius 3 is 2.95 bits per heavy atom. The standard InChI is InChI=1S/C15H20N2O2/c1-11(2)19-8-7-16-15(18)9-12-10-17-14-6-4-3-5-13(12)14/h3-6,10-11,17H,7-9H2,1-2H3,(H,16,18). The molecule has 0 aliphatic heterocycles. The SMILES string of the molecule is CC(C)OCCNC(=O)Cc1c[nH]c2ccccc12. The molecule has 0 saturated carbocycles. The van der Waals surface area contributed by atoms with Crippen LogP contribution in [0.15, 0.2) is 30.5 Å². The second-order valence-electron chi connectivity index (χ2n) is 4.81. The average Bonchev–Trinajstić information content (AvgIpc) is 2.78. The van der Waals surface area contributed by atoms with Crippen molar-refractivity contribution in [3.8, 4) is 0 Å². The van der Waals surface area contributed by atoms with Crippen molar-refractivity contribution < 1.29 is 9.53 Å². The minimum atomic E-state index is 0.0251. The van der Waals surface area contributed by atoms with Crippen molar-refractivity contribution >= 4 is 16.8 Å². The molecule has 2 rings (SSSR count). The fraction of sp³-hybridized carbons (Fsp3) is 0.400. The van der Waals surface area contributed by atoms with E-state index in [0.717, 1.165) is 16.5 Å². The van der Waals surface area contributed by atoms with E-state index in [1.165, 1.54) is 0 Å². The smallest absolute Gasteiger partial charge is 0.224 e. The van der Waals surface area contributed by atoms with Gasteiger partial charge in [-0.15, -0.1) is 0 Å². The number of carbonyl (C=O) groups is 1. The van der Waals surface area contributed by atoms with Gasteiger partial charge in [-0.05, 0) is 25.5 Å². The third-order valence-electron chi connectivity index (χ3n) is 2.90. The Balaban J connectivity index is 1.85. The second kappa shape index (κ2) is 6.38. The molecule has 1 amide bonds. The van der Waals surface area contributed by atoms with E-state index >= 15 is 0 Å². The fourth-order valence-electron chi connectivity index (χ4n) is 2.00. The zero-order chi connectivity index (χ0) is 13.7. The number of aromatic nitrogens is 1. The number of benzene rings is 1. The van der Waals surface area contributed by atoms with Crippen molar-refractivity contribution in [2.75, 3.05) is 13.2 Å². The third kappa shape index (κ3) is 3.83. The predicted molar refractivity (Wildman–Crippen MR) is 76.1 cm³/mol. The van der Waals surface area contributed by atoms with Gasteiger partial charge in [-0.25, -0.2) is 0 Å². The number of fused-ring (bicyclic) bond motifs is 1. The zero-order valence-electron chi connectivity index (χ0n) is 11.4. The van der Waals surface area contributed by atoms with Gasteiger partial charge in [-0.2, -0.15) is 0 Å². The molecule has 2 N–H and O–H groups in total. The van der Waals surface area contributed by atoms with Gasteiger partial charge < -0.3 is 15.0 Å². The van der Waals surface area contributed by atoms with Gasteiger partial charge >= 0.3 is 0 Å². The molecule has 102 valence electrons. The lowest BCUT2D eigenvalue weighted by atomic mass is 10.1. The number of amides is 1. The number of hydrogen-bond donors (Lipinski definition) is 2. The molecule has 0 saturated heterocycles. The molecule has 0 fully saturated rings. The Kier molecular flexibility index (Phi) is 4.58. The first kappa shape index (κ1) is 13.6. The van der Waals surface area contributed by atoms with Gasteiger partial charge in [-0.3, -0.25) is 4.79 Å². The maximum Gasteiger partial charge on any atom is 0.224 e. The highest BCUT2D eigenvalue weighted by Gasteiger charge is 2.07. The van der Waals surface area contributed by atoms with E-state index in [1.54, 1.807) is 0 Å². The van der Waals surface area contributed by atoms with Crippen LogP contribution in [0.25, 0.3) is 10.9 Å². The molecule has 2 aromatic rings. The van der Waals surface area contributed by atoms with Gasteiger partial charge in [0.1, 0.15) is 0 Å². The fourth-order valence-corrected chi connectivity index (χ4v) is 2.00. The number of carbonyl (C=O) groups excluding carboxylic acids is 1. The Hall–Kier alpha value is -1.81. The van der Waals surface area contributed by atoms with Crippen LogP contribution in [0.5, 0.6) is 0 Å². The molecule has 4 heteroatoms. The van der Waals surface area contributed by atoms with Gasteiger partial charge in [0.15, 0.2) is 0 Å². The van der Waals surface area contributed by atoms with Crippen molar-refractivity contribution in [3.63, 3.8) is 0 Å². The summed E-state index contributed by atoms with van der Waals surface area (Å²) in [4.78, 5) is 15.0. The molecule has 4 nitrogen and oxygen atoms in total. The first-order chi connectivity index (χ1) is 9.16. The summed E-state index contributed by atoms with van der Waals surface area (Å²) in [6, 6.07) is 7.99. The largest absolute Gasteiger partial charge is 0.377 e. The molecule has 0 atom stereocenters. The molecule has 1 aromatic carbocycles. The summed E-state index contributed by atoms with van der Waals surface area (Å²) in [5, 5.41) is 3.97. The van der Waals surface area contributed by atoms with E-state index in [9.17, 15) is 4.79 Å². The molecule has 19 heavy (non-hydrogen) atoms. The highest BCUT2D eigenvalue weighted by Crippen LogP contribution is 2.17. The summed E-state index contributed by atoms with van der Waals surface area (Å²) < 4.78 is 5.38. The number of nitrogens with one attached hydrogen (secondary N) is 2. The van der Waals surface area contributed by atoms with Crippen LogP contribution in [0.3, 0.4) is 0 Å². The molecule has 1 aromatic heterocycles. The Bertz CT molecular complexity index is 546. The third-order valence-corrected chi connectivity index (χ3v) is 2.90. The first-order valence-corrected chi connectivity index (χ1v) is 6.60. The molecular weight excluding hydrogens is 240 g/mol. The highest BCUT2D eigenvalue weighted by atomic mass is 16.5. The summed E-state index contributed by atoms with van der Waals surface area (Å²) in [6.45, 7) is 5.07. The Morgan fingerprint density at radius 1 is 1.37 bits per heavy atom. The first-order valence-electron chi connectivity index (χ1n) is 6.60. The molecule has 0 spiro atoms. The number of hydrogen-bond acceptors (Lipinski definition) is 2. The Morgan fingerprint density at radius 2 is 2.16 bits per heavy atom. The number of aromatic amines is 1. The van der Waals surface area contributed by atoms with Crippen LogP contribution in [0.2, 0.25) is 0 Å². The predicted octanol–water partition coefficient (Wildman–Crippen LogP) is 2.25. The minimum Gasteiger partial charge on any atom is -0.377 e. The van der Waals surface area contributed by atoms with Crippen molar-refractivity contribution in [3.05, 3.63) is 36.0 Å². The molecular formula is C15H20N2O2. The summed E-state index contributed by atoms with van der Waals surface area (Å²) in [7, 11) is 0. The average molecular weight is 260 g/mol. The molecule has 0 aliphatic rings. The summed E-state index contributed by atoms with van der Waals surface area (Å²) in [5.41, 5.74) is 2.09. The molecule has 0 radical (unpaired) electrons. The molecule has 0 unspecified atom stereocenters. The van der Waals surface area contributed by atoms with E-state index in [4.69, 9.17) is 4.74 Å². The number of rotatable bonds is 6. The van der Waals surface area contributed by atoms with E-state index < -0.39 is 0 Å². The van der Waals surface area contributed by atoms with Gasteiger partial charge in [0.25, 0.3) is 0 Å². The van der Waals surface area contributed by atoms with Crippen LogP contribution in [0, 0.1) is 0 Å². The number of para-hydroxylation sites is 1. The zero-order valence-corrected chi connectivity index (χ0v) is 11.4. The van der Waals surface area contributed by atoms with Crippen molar-refractivity contribution in [2.24, 2.45) is 0 Å². The Labute approximate surface area is 113 Å². The summed E-state index contributed by atoms with van der Waals surface area (Å²) in [6.07, 6.45) is 2.49. The molecule has 1 heterocycles. The maximum atomic E-state index is 11.8. The van der Waals surface area contributed by atoms with Gasteiger partial charge in [0.2, 0.25) is 5.91 Å². The number of ether oxygens (including phenoxy) is 1. The summed E-state index contributed by atoms with van der Waals surface area (Å²) >= 11 is 0. The van der Waals surface area contributed by atoms with Gasteiger partial charge in [0.05, 0.1) is 19.1 Å². The monoisotopic (exact) mass is 260 g/mol.